The van der Waals surface area contributed by atoms with Crippen molar-refractivity contribution in [3.8, 4) is 0 Å². The van der Waals surface area contributed by atoms with Crippen LogP contribution in [0.5, 0.6) is 0 Å². The molecule has 0 aliphatic rings. The Hall–Kier alpha value is -2.43. The highest BCUT2D eigenvalue weighted by molar-refractivity contribution is 7.99. The predicted molar refractivity (Wildman–Crippen MR) is 98.4 cm³/mol. The summed E-state index contributed by atoms with van der Waals surface area (Å²) >= 11 is 1.11. The number of carbonyl (C=O) groups excluding carboxylic acids is 1. The van der Waals surface area contributed by atoms with Crippen molar-refractivity contribution >= 4 is 23.4 Å². The van der Waals surface area contributed by atoms with Gasteiger partial charge in [-0.25, -0.2) is 9.48 Å². The maximum atomic E-state index is 12.6. The summed E-state index contributed by atoms with van der Waals surface area (Å²) in [5.41, 5.74) is 3.98. The van der Waals surface area contributed by atoms with Gasteiger partial charge in [0.2, 0.25) is 5.16 Å². The number of nitrogens with one attached hydrogen (secondary N) is 1. The molecule has 0 saturated carbocycles. The van der Waals surface area contributed by atoms with E-state index in [4.69, 9.17) is 5.73 Å². The van der Waals surface area contributed by atoms with Gasteiger partial charge in [0.25, 0.3) is 5.56 Å². The lowest BCUT2D eigenvalue weighted by Gasteiger charge is -2.19. The Kier molecular flexibility index (Phi) is 5.69. The fraction of sp³-hybridized carbons (Fsp3) is 0.600. The number of hydrogen-bond acceptors (Lipinski definition) is 8. The van der Waals surface area contributed by atoms with E-state index < -0.39 is 17.0 Å². The van der Waals surface area contributed by atoms with Crippen LogP contribution in [0.2, 0.25) is 0 Å². The Morgan fingerprint density at radius 3 is 2.54 bits per heavy atom. The molecule has 0 fully saturated rings. The highest BCUT2D eigenvalue weighted by atomic mass is 32.2. The Balaban J connectivity index is 2.30. The number of nitrogens with zero attached hydrogens (tertiary/aromatic N) is 5. The van der Waals surface area contributed by atoms with E-state index in [0.717, 1.165) is 11.8 Å². The number of carbonyl (C=O) groups is 1. The molecule has 0 aliphatic carbocycles. The quantitative estimate of drug-likeness (QED) is 0.544. The number of nitrogen functional groups attached to an aromatic ring is 1. The monoisotopic (exact) mass is 381 g/mol. The first-order chi connectivity index (χ1) is 12.0. The predicted octanol–water partition coefficient (Wildman–Crippen LogP) is 0.491. The first kappa shape index (κ1) is 19.9. The standard InChI is InChI=1S/C15H23N7O3S/c1-8(2)6-21-11(16)10(12(24)17-13(21)25)9(23)7-26-14-18-19-20-22(14)15(3,4)5/h8H,6-7,16H2,1-5H3,(H,17,24,25). The Morgan fingerprint density at radius 1 is 1.31 bits per heavy atom. The van der Waals surface area contributed by atoms with Crippen LogP contribution in [0.1, 0.15) is 45.0 Å². The first-order valence-electron chi connectivity index (χ1n) is 8.09. The molecular weight excluding hydrogens is 358 g/mol. The number of tetrazole rings is 1. The third-order valence-electron chi connectivity index (χ3n) is 3.47. The molecule has 26 heavy (non-hydrogen) atoms. The third-order valence-corrected chi connectivity index (χ3v) is 4.39. The lowest BCUT2D eigenvalue weighted by molar-refractivity contribution is 0.102. The van der Waals surface area contributed by atoms with Crippen LogP contribution in [0, 0.1) is 5.92 Å². The average molecular weight is 381 g/mol. The molecule has 0 spiro atoms. The van der Waals surface area contributed by atoms with E-state index in [2.05, 4.69) is 20.5 Å². The second kappa shape index (κ2) is 7.44. The minimum absolute atomic E-state index is 0.0797. The molecule has 0 unspecified atom stereocenters. The summed E-state index contributed by atoms with van der Waals surface area (Å²) in [5.74, 6) is -0.568. The highest BCUT2D eigenvalue weighted by Crippen LogP contribution is 2.22. The van der Waals surface area contributed by atoms with Crippen molar-refractivity contribution in [3.05, 3.63) is 26.4 Å². The molecule has 2 aromatic heterocycles. The second-order valence-electron chi connectivity index (χ2n) is 7.28. The maximum absolute atomic E-state index is 12.6. The first-order valence-corrected chi connectivity index (χ1v) is 9.08. The molecule has 0 bridgehead atoms. The average Bonchev–Trinajstić information content (AvgIpc) is 2.97. The number of H-pyrrole nitrogens is 1. The van der Waals surface area contributed by atoms with Crippen LogP contribution < -0.4 is 17.0 Å². The zero-order valence-corrected chi connectivity index (χ0v) is 16.3. The number of anilines is 1. The van der Waals surface area contributed by atoms with Gasteiger partial charge in [-0.1, -0.05) is 25.6 Å². The van der Waals surface area contributed by atoms with Gasteiger partial charge in [-0.3, -0.25) is 19.1 Å². The summed E-state index contributed by atoms with van der Waals surface area (Å²) in [6, 6.07) is 0. The topological polar surface area (TPSA) is 142 Å². The minimum atomic E-state index is -0.784. The number of thioether (sulfide) groups is 1. The fourth-order valence-corrected chi connectivity index (χ4v) is 3.23. The number of hydrogen-bond donors (Lipinski definition) is 2. The number of aromatic amines is 1. The van der Waals surface area contributed by atoms with Gasteiger partial charge >= 0.3 is 5.69 Å². The molecule has 0 radical (unpaired) electrons. The normalized spacial score (nSPS) is 11.9. The Labute approximate surface area is 154 Å². The number of ketones is 1. The summed E-state index contributed by atoms with van der Waals surface area (Å²) in [6.07, 6.45) is 0. The van der Waals surface area contributed by atoms with E-state index in [0.29, 0.717) is 11.7 Å². The number of aromatic nitrogens is 6. The molecule has 142 valence electrons. The Morgan fingerprint density at radius 2 is 1.96 bits per heavy atom. The van der Waals surface area contributed by atoms with Gasteiger partial charge in [-0.05, 0) is 37.1 Å². The number of rotatable bonds is 6. The molecule has 10 nitrogen and oxygen atoms in total. The summed E-state index contributed by atoms with van der Waals surface area (Å²) in [4.78, 5) is 38.8. The van der Waals surface area contributed by atoms with Crippen molar-refractivity contribution in [1.29, 1.82) is 0 Å². The van der Waals surface area contributed by atoms with Crippen LogP contribution in [0.25, 0.3) is 0 Å². The van der Waals surface area contributed by atoms with Crippen molar-refractivity contribution in [2.24, 2.45) is 5.92 Å². The van der Waals surface area contributed by atoms with Gasteiger partial charge in [-0.15, -0.1) is 5.10 Å². The summed E-state index contributed by atoms with van der Waals surface area (Å²) in [5, 5.41) is 11.9. The maximum Gasteiger partial charge on any atom is 0.329 e. The zero-order valence-electron chi connectivity index (χ0n) is 15.4. The van der Waals surface area contributed by atoms with Crippen molar-refractivity contribution in [3.63, 3.8) is 0 Å². The summed E-state index contributed by atoms with van der Waals surface area (Å²) in [7, 11) is 0. The highest BCUT2D eigenvalue weighted by Gasteiger charge is 2.23. The van der Waals surface area contributed by atoms with Crippen molar-refractivity contribution in [1.82, 2.24) is 29.8 Å². The van der Waals surface area contributed by atoms with E-state index in [-0.39, 0.29) is 28.6 Å². The minimum Gasteiger partial charge on any atom is -0.384 e. The van der Waals surface area contributed by atoms with Crippen LogP contribution in [0.4, 0.5) is 5.82 Å². The van der Waals surface area contributed by atoms with Crippen LogP contribution in [-0.2, 0) is 12.1 Å². The fourth-order valence-electron chi connectivity index (χ4n) is 2.30. The van der Waals surface area contributed by atoms with Gasteiger partial charge in [-0.2, -0.15) is 0 Å². The Bertz CT molecular complexity index is 921. The van der Waals surface area contributed by atoms with Crippen LogP contribution in [-0.4, -0.2) is 41.3 Å². The van der Waals surface area contributed by atoms with E-state index >= 15 is 0 Å². The molecule has 0 saturated heterocycles. The summed E-state index contributed by atoms with van der Waals surface area (Å²) in [6.45, 7) is 9.90. The molecule has 0 atom stereocenters. The van der Waals surface area contributed by atoms with E-state index in [9.17, 15) is 14.4 Å². The molecule has 0 aromatic carbocycles. The van der Waals surface area contributed by atoms with Crippen molar-refractivity contribution in [2.75, 3.05) is 11.5 Å². The second-order valence-corrected chi connectivity index (χ2v) is 8.22. The van der Waals surface area contributed by atoms with Gasteiger partial charge in [0.1, 0.15) is 11.4 Å². The smallest absolute Gasteiger partial charge is 0.329 e. The zero-order chi connectivity index (χ0) is 19.6. The molecule has 2 heterocycles. The van der Waals surface area contributed by atoms with Gasteiger partial charge < -0.3 is 5.73 Å². The van der Waals surface area contributed by atoms with Gasteiger partial charge in [0.05, 0.1) is 11.3 Å². The molecule has 11 heteroatoms. The number of nitrogens with two attached hydrogens (primary N) is 1. The molecular formula is C15H23N7O3S. The van der Waals surface area contributed by atoms with Crippen LogP contribution >= 0.6 is 11.8 Å². The number of Topliss-reactive ketones (excluding diaryl/α,β-unsaturated/α-hetero) is 1. The lowest BCUT2D eigenvalue weighted by atomic mass is 10.1. The van der Waals surface area contributed by atoms with Gasteiger partial charge in [0, 0.05) is 6.54 Å². The van der Waals surface area contributed by atoms with E-state index in [1.165, 1.54) is 4.57 Å². The van der Waals surface area contributed by atoms with Crippen molar-refractivity contribution in [2.45, 2.75) is 51.9 Å². The van der Waals surface area contributed by atoms with Gasteiger partial charge in [0.15, 0.2) is 5.78 Å². The third kappa shape index (κ3) is 4.21. The SMILES string of the molecule is CC(C)Cn1c(N)c(C(=O)CSc2nnnn2C(C)(C)C)c(=O)[nH]c1=O. The largest absolute Gasteiger partial charge is 0.384 e. The molecule has 3 N–H and O–H groups in total. The van der Waals surface area contributed by atoms with E-state index in [1.807, 2.05) is 34.6 Å². The molecule has 0 aliphatic heterocycles. The molecule has 2 aromatic rings. The molecule has 2 rings (SSSR count). The molecule has 0 amide bonds. The van der Waals surface area contributed by atoms with Crippen LogP contribution in [0.3, 0.4) is 0 Å². The summed E-state index contributed by atoms with van der Waals surface area (Å²) < 4.78 is 2.81. The lowest BCUT2D eigenvalue weighted by Crippen LogP contribution is -2.37. The van der Waals surface area contributed by atoms with E-state index in [1.54, 1.807) is 4.68 Å². The van der Waals surface area contributed by atoms with Crippen molar-refractivity contribution < 1.29 is 4.79 Å². The van der Waals surface area contributed by atoms with Crippen LogP contribution in [0.15, 0.2) is 14.7 Å².